The summed E-state index contributed by atoms with van der Waals surface area (Å²) < 4.78 is 0. The lowest BCUT2D eigenvalue weighted by atomic mass is 9.89. The molecule has 1 atom stereocenters. The van der Waals surface area contributed by atoms with Gasteiger partial charge < -0.3 is 11.1 Å². The Balaban J connectivity index is 1.81. The van der Waals surface area contributed by atoms with Crippen molar-refractivity contribution in [2.24, 2.45) is 11.7 Å². The third-order valence-corrected chi connectivity index (χ3v) is 5.22. The van der Waals surface area contributed by atoms with Crippen molar-refractivity contribution in [1.29, 1.82) is 0 Å². The topological polar surface area (TPSA) is 58.4 Å². The second-order valence-electron chi connectivity index (χ2n) is 7.33. The van der Waals surface area contributed by atoms with Gasteiger partial charge in [0.25, 0.3) is 0 Å². The second-order valence-corrected chi connectivity index (χ2v) is 7.33. The van der Waals surface area contributed by atoms with Crippen molar-refractivity contribution < 1.29 is 4.79 Å². The summed E-state index contributed by atoms with van der Waals surface area (Å²) in [6.07, 6.45) is 4.38. The number of nitrogens with zero attached hydrogens (tertiary/aromatic N) is 1. The minimum absolute atomic E-state index is 0.00471. The Morgan fingerprint density at radius 2 is 1.83 bits per heavy atom. The molecule has 2 rings (SSSR count). The molecule has 24 heavy (non-hydrogen) atoms. The molecule has 0 spiro atoms. The van der Waals surface area contributed by atoms with Crippen LogP contribution < -0.4 is 11.1 Å². The molecule has 0 saturated heterocycles. The lowest BCUT2D eigenvalue weighted by molar-refractivity contribution is -0.124. The van der Waals surface area contributed by atoms with Crippen LogP contribution in [0.25, 0.3) is 0 Å². The van der Waals surface area contributed by atoms with Gasteiger partial charge in [-0.1, -0.05) is 51.1 Å². The predicted octanol–water partition coefficient (Wildman–Crippen LogP) is 2.92. The smallest absolute Gasteiger partial charge is 0.237 e. The zero-order valence-corrected chi connectivity index (χ0v) is 15.4. The van der Waals surface area contributed by atoms with E-state index >= 15 is 0 Å². The Morgan fingerprint density at radius 3 is 2.38 bits per heavy atom. The molecule has 0 aliphatic heterocycles. The van der Waals surface area contributed by atoms with Crippen molar-refractivity contribution in [2.75, 3.05) is 6.54 Å². The fourth-order valence-electron chi connectivity index (χ4n) is 3.50. The van der Waals surface area contributed by atoms with Crippen LogP contribution >= 0.6 is 0 Å². The summed E-state index contributed by atoms with van der Waals surface area (Å²) in [6.45, 7) is 8.29. The van der Waals surface area contributed by atoms with E-state index in [4.69, 9.17) is 5.73 Å². The van der Waals surface area contributed by atoms with Crippen molar-refractivity contribution in [3.05, 3.63) is 35.9 Å². The van der Waals surface area contributed by atoms with E-state index in [0.29, 0.717) is 6.04 Å². The van der Waals surface area contributed by atoms with Crippen molar-refractivity contribution in [3.63, 3.8) is 0 Å². The molecular formula is C20H33N3O. The molecule has 1 aliphatic carbocycles. The summed E-state index contributed by atoms with van der Waals surface area (Å²) in [6, 6.07) is 11.2. The number of hydrogen-bond acceptors (Lipinski definition) is 3. The molecule has 1 fully saturated rings. The average Bonchev–Trinajstić information content (AvgIpc) is 2.60. The number of rotatable bonds is 7. The molecule has 1 amide bonds. The first-order valence-electron chi connectivity index (χ1n) is 9.35. The summed E-state index contributed by atoms with van der Waals surface area (Å²) in [5.74, 6) is 0.188. The van der Waals surface area contributed by atoms with E-state index in [-0.39, 0.29) is 17.9 Å². The maximum absolute atomic E-state index is 12.1. The molecule has 0 heterocycles. The van der Waals surface area contributed by atoms with Crippen LogP contribution in [0.1, 0.15) is 52.0 Å². The first-order valence-corrected chi connectivity index (χ1v) is 9.35. The molecule has 4 heteroatoms. The summed E-state index contributed by atoms with van der Waals surface area (Å²) in [5.41, 5.74) is 7.31. The van der Waals surface area contributed by atoms with E-state index in [1.807, 2.05) is 13.8 Å². The first kappa shape index (κ1) is 18.9. The van der Waals surface area contributed by atoms with Gasteiger partial charge >= 0.3 is 0 Å². The van der Waals surface area contributed by atoms with Crippen LogP contribution in [0.3, 0.4) is 0 Å². The van der Waals surface area contributed by atoms with Crippen LogP contribution in [0.15, 0.2) is 30.3 Å². The molecule has 0 radical (unpaired) electrons. The number of benzene rings is 1. The molecule has 4 nitrogen and oxygen atoms in total. The molecular weight excluding hydrogens is 298 g/mol. The summed E-state index contributed by atoms with van der Waals surface area (Å²) >= 11 is 0. The van der Waals surface area contributed by atoms with Gasteiger partial charge in [-0.05, 0) is 43.7 Å². The van der Waals surface area contributed by atoms with Crippen LogP contribution in [0, 0.1) is 5.92 Å². The maximum atomic E-state index is 12.1. The number of carbonyl (C=O) groups is 1. The maximum Gasteiger partial charge on any atom is 0.237 e. The average molecular weight is 332 g/mol. The van der Waals surface area contributed by atoms with Gasteiger partial charge in [-0.3, -0.25) is 9.69 Å². The van der Waals surface area contributed by atoms with Gasteiger partial charge in [-0.2, -0.15) is 0 Å². The highest BCUT2D eigenvalue weighted by atomic mass is 16.2. The quantitative estimate of drug-likeness (QED) is 0.808. The zero-order valence-electron chi connectivity index (χ0n) is 15.4. The van der Waals surface area contributed by atoms with E-state index < -0.39 is 6.04 Å². The SMILES string of the molecule is CCN(Cc1ccccc1)C1CCC(NC(=O)[C@@H](N)C(C)C)CC1. The Bertz CT molecular complexity index is 495. The van der Waals surface area contributed by atoms with Gasteiger partial charge in [-0.25, -0.2) is 0 Å². The number of hydrogen-bond donors (Lipinski definition) is 2. The van der Waals surface area contributed by atoms with E-state index in [0.717, 1.165) is 38.8 Å². The van der Waals surface area contributed by atoms with Crippen LogP contribution in [0.5, 0.6) is 0 Å². The Hall–Kier alpha value is -1.39. The van der Waals surface area contributed by atoms with Crippen LogP contribution in [-0.4, -0.2) is 35.5 Å². The van der Waals surface area contributed by atoms with Gasteiger partial charge in [-0.15, -0.1) is 0 Å². The first-order chi connectivity index (χ1) is 11.5. The number of amides is 1. The monoisotopic (exact) mass is 331 g/mol. The highest BCUT2D eigenvalue weighted by Crippen LogP contribution is 2.24. The van der Waals surface area contributed by atoms with E-state index in [2.05, 4.69) is 47.5 Å². The minimum atomic E-state index is -0.395. The molecule has 1 saturated carbocycles. The van der Waals surface area contributed by atoms with Crippen molar-refractivity contribution in [1.82, 2.24) is 10.2 Å². The molecule has 0 aromatic heterocycles. The van der Waals surface area contributed by atoms with Crippen molar-refractivity contribution in [3.8, 4) is 0 Å². The third kappa shape index (κ3) is 5.32. The van der Waals surface area contributed by atoms with E-state index in [9.17, 15) is 4.79 Å². The highest BCUT2D eigenvalue weighted by Gasteiger charge is 2.27. The predicted molar refractivity (Wildman–Crippen MR) is 99.5 cm³/mol. The minimum Gasteiger partial charge on any atom is -0.352 e. The van der Waals surface area contributed by atoms with Gasteiger partial charge in [0.05, 0.1) is 6.04 Å². The largest absolute Gasteiger partial charge is 0.352 e. The standard InChI is InChI=1S/C20H33N3O/c1-4-23(14-16-8-6-5-7-9-16)18-12-10-17(11-13-18)22-20(24)19(21)15(2)3/h5-9,15,17-19H,4,10-14,21H2,1-3H3,(H,22,24)/t17?,18?,19-/m0/s1. The second kappa shape index (κ2) is 9.19. The summed E-state index contributed by atoms with van der Waals surface area (Å²) in [7, 11) is 0. The fourth-order valence-corrected chi connectivity index (χ4v) is 3.50. The lowest BCUT2D eigenvalue weighted by Gasteiger charge is -2.37. The van der Waals surface area contributed by atoms with Crippen LogP contribution in [0.2, 0.25) is 0 Å². The van der Waals surface area contributed by atoms with Gasteiger partial charge in [0, 0.05) is 18.6 Å². The Kier molecular flexibility index (Phi) is 7.25. The molecule has 1 aromatic carbocycles. The summed E-state index contributed by atoms with van der Waals surface area (Å²) in [4.78, 5) is 14.7. The molecule has 0 unspecified atom stereocenters. The summed E-state index contributed by atoms with van der Waals surface area (Å²) in [5, 5.41) is 3.14. The zero-order chi connectivity index (χ0) is 17.5. The van der Waals surface area contributed by atoms with E-state index in [1.54, 1.807) is 0 Å². The molecule has 0 bridgehead atoms. The normalized spacial score (nSPS) is 22.6. The molecule has 134 valence electrons. The Labute approximate surface area is 146 Å². The van der Waals surface area contributed by atoms with Crippen LogP contribution in [0.4, 0.5) is 0 Å². The van der Waals surface area contributed by atoms with Crippen LogP contribution in [-0.2, 0) is 11.3 Å². The third-order valence-electron chi connectivity index (χ3n) is 5.22. The number of carbonyl (C=O) groups excluding carboxylic acids is 1. The van der Waals surface area contributed by atoms with Gasteiger partial charge in [0.2, 0.25) is 5.91 Å². The molecule has 3 N–H and O–H groups in total. The number of nitrogens with two attached hydrogens (primary N) is 1. The fraction of sp³-hybridized carbons (Fsp3) is 0.650. The lowest BCUT2D eigenvalue weighted by Crippen LogP contribution is -2.50. The number of nitrogens with one attached hydrogen (secondary N) is 1. The molecule has 1 aromatic rings. The van der Waals surface area contributed by atoms with Crippen molar-refractivity contribution >= 4 is 5.91 Å². The highest BCUT2D eigenvalue weighted by molar-refractivity contribution is 5.82. The van der Waals surface area contributed by atoms with Gasteiger partial charge in [0.1, 0.15) is 0 Å². The van der Waals surface area contributed by atoms with E-state index in [1.165, 1.54) is 5.56 Å². The van der Waals surface area contributed by atoms with Gasteiger partial charge in [0.15, 0.2) is 0 Å². The Morgan fingerprint density at radius 1 is 1.21 bits per heavy atom. The van der Waals surface area contributed by atoms with Crippen molar-refractivity contribution in [2.45, 2.75) is 71.1 Å². The molecule has 1 aliphatic rings.